The molecule has 25 heavy (non-hydrogen) atoms. The molecule has 9 nitrogen and oxygen atoms in total. The number of non-ortho nitro benzene ring substituents is 1. The predicted molar refractivity (Wildman–Crippen MR) is 87.2 cm³/mol. The van der Waals surface area contributed by atoms with Crippen molar-refractivity contribution < 1.29 is 24.4 Å². The van der Waals surface area contributed by atoms with Crippen LogP contribution in [-0.4, -0.2) is 28.6 Å². The Kier molecular flexibility index (Phi) is 5.06. The van der Waals surface area contributed by atoms with Gasteiger partial charge in [0.2, 0.25) is 0 Å². The summed E-state index contributed by atoms with van der Waals surface area (Å²) in [7, 11) is 0. The number of nitro groups is 1. The number of allylic oxidation sites excluding steroid dienone is 1. The van der Waals surface area contributed by atoms with Crippen molar-refractivity contribution in [3.8, 4) is 0 Å². The Morgan fingerprint density at radius 2 is 2.08 bits per heavy atom. The third-order valence-electron chi connectivity index (χ3n) is 3.73. The smallest absolute Gasteiger partial charge is 0.338 e. The largest absolute Gasteiger partial charge is 0.478 e. The van der Waals surface area contributed by atoms with Gasteiger partial charge in [0.25, 0.3) is 5.69 Å². The lowest BCUT2D eigenvalue weighted by Crippen LogP contribution is -2.35. The molecule has 4 N–H and O–H groups in total. The van der Waals surface area contributed by atoms with Crippen LogP contribution in [-0.2, 0) is 14.3 Å². The fraction of sp³-hybridized carbons (Fsp3) is 0.250. The van der Waals surface area contributed by atoms with Gasteiger partial charge in [-0.1, -0.05) is 12.1 Å². The van der Waals surface area contributed by atoms with E-state index >= 15 is 0 Å². The number of carboxylic acid groups (broad SMARTS) is 1. The van der Waals surface area contributed by atoms with Gasteiger partial charge in [-0.25, -0.2) is 9.59 Å². The van der Waals surface area contributed by atoms with Gasteiger partial charge in [0.15, 0.2) is 0 Å². The number of dihydropyridines is 1. The van der Waals surface area contributed by atoms with E-state index in [1.165, 1.54) is 31.2 Å². The average molecular weight is 347 g/mol. The molecule has 1 aromatic rings. The molecule has 1 aliphatic heterocycles. The number of hydrogen-bond acceptors (Lipinski definition) is 7. The minimum absolute atomic E-state index is 0.0440. The van der Waals surface area contributed by atoms with Gasteiger partial charge in [-0.15, -0.1) is 0 Å². The molecule has 0 spiro atoms. The molecule has 0 saturated heterocycles. The molecule has 1 unspecified atom stereocenters. The topological polar surface area (TPSA) is 145 Å². The first kappa shape index (κ1) is 18.0. The van der Waals surface area contributed by atoms with Crippen molar-refractivity contribution in [1.82, 2.24) is 5.32 Å². The minimum Gasteiger partial charge on any atom is -0.478 e. The number of rotatable bonds is 5. The highest BCUT2D eigenvalue weighted by atomic mass is 16.6. The summed E-state index contributed by atoms with van der Waals surface area (Å²) < 4.78 is 4.98. The second-order valence-electron chi connectivity index (χ2n) is 5.30. The highest BCUT2D eigenvalue weighted by Gasteiger charge is 2.38. The number of nitrogens with one attached hydrogen (secondary N) is 1. The van der Waals surface area contributed by atoms with E-state index in [1.54, 1.807) is 6.92 Å². The second kappa shape index (κ2) is 7.04. The zero-order chi connectivity index (χ0) is 18.7. The van der Waals surface area contributed by atoms with Crippen molar-refractivity contribution in [3.63, 3.8) is 0 Å². The van der Waals surface area contributed by atoms with E-state index in [0.717, 1.165) is 0 Å². The summed E-state index contributed by atoms with van der Waals surface area (Å²) in [5.74, 6) is -3.18. The Hall–Kier alpha value is -3.36. The number of nitrogens with zero attached hydrogens (tertiary/aromatic N) is 1. The molecule has 0 bridgehead atoms. The van der Waals surface area contributed by atoms with E-state index in [4.69, 9.17) is 10.5 Å². The summed E-state index contributed by atoms with van der Waals surface area (Å²) in [5.41, 5.74) is 5.96. The Morgan fingerprint density at radius 3 is 2.64 bits per heavy atom. The molecule has 1 atom stereocenters. The first-order chi connectivity index (χ1) is 11.8. The third kappa shape index (κ3) is 3.44. The molecule has 0 fully saturated rings. The summed E-state index contributed by atoms with van der Waals surface area (Å²) in [6, 6.07) is 5.42. The Morgan fingerprint density at radius 1 is 1.40 bits per heavy atom. The average Bonchev–Trinajstić information content (AvgIpc) is 2.53. The normalized spacial score (nSPS) is 17.1. The van der Waals surface area contributed by atoms with Crippen LogP contribution in [0.4, 0.5) is 5.69 Å². The van der Waals surface area contributed by atoms with Crippen molar-refractivity contribution in [3.05, 3.63) is 62.6 Å². The van der Waals surface area contributed by atoms with Crippen LogP contribution >= 0.6 is 0 Å². The van der Waals surface area contributed by atoms with Crippen LogP contribution in [0.3, 0.4) is 0 Å². The van der Waals surface area contributed by atoms with Gasteiger partial charge in [0, 0.05) is 17.8 Å². The summed E-state index contributed by atoms with van der Waals surface area (Å²) >= 11 is 0. The zero-order valence-electron chi connectivity index (χ0n) is 13.6. The Balaban J connectivity index is 2.69. The number of carbonyl (C=O) groups excluding carboxylic acids is 1. The summed E-state index contributed by atoms with van der Waals surface area (Å²) in [6.45, 7) is 3.18. The van der Waals surface area contributed by atoms with Crippen LogP contribution < -0.4 is 11.1 Å². The standard InChI is InChI=1S/C16H17N3O6/c1-3-25-16(22)13-12(9-5-4-6-10(7-9)19(23)24)11(15(20)21)8(2)18-14(13)17/h4-7,12,18H,3,17H2,1-2H3,(H,20,21). The Labute approximate surface area is 142 Å². The van der Waals surface area contributed by atoms with Crippen molar-refractivity contribution in [2.24, 2.45) is 5.73 Å². The van der Waals surface area contributed by atoms with Crippen molar-refractivity contribution >= 4 is 17.6 Å². The first-order valence-corrected chi connectivity index (χ1v) is 7.40. The fourth-order valence-corrected chi connectivity index (χ4v) is 2.72. The van der Waals surface area contributed by atoms with E-state index in [0.29, 0.717) is 0 Å². The van der Waals surface area contributed by atoms with Crippen molar-refractivity contribution in [1.29, 1.82) is 0 Å². The number of esters is 1. The van der Waals surface area contributed by atoms with Crippen LogP contribution in [0.1, 0.15) is 25.3 Å². The van der Waals surface area contributed by atoms with Crippen LogP contribution in [0.5, 0.6) is 0 Å². The quantitative estimate of drug-likeness (QED) is 0.411. The molecule has 0 aromatic heterocycles. The molecule has 9 heteroatoms. The van der Waals surface area contributed by atoms with E-state index in [1.807, 2.05) is 0 Å². The molecular formula is C16H17N3O6. The summed E-state index contributed by atoms with van der Waals surface area (Å²) in [5, 5.41) is 23.3. The number of hydrogen-bond donors (Lipinski definition) is 3. The number of benzene rings is 1. The van der Waals surface area contributed by atoms with E-state index in [-0.39, 0.29) is 40.5 Å². The lowest BCUT2D eigenvalue weighted by Gasteiger charge is -2.29. The fourth-order valence-electron chi connectivity index (χ4n) is 2.72. The van der Waals surface area contributed by atoms with Crippen molar-refractivity contribution in [2.75, 3.05) is 6.61 Å². The van der Waals surface area contributed by atoms with E-state index < -0.39 is 22.8 Å². The van der Waals surface area contributed by atoms with Gasteiger partial charge in [-0.2, -0.15) is 0 Å². The molecule has 0 radical (unpaired) electrons. The number of carbonyl (C=O) groups is 2. The minimum atomic E-state index is -1.27. The number of nitrogens with two attached hydrogens (primary N) is 1. The molecule has 1 aliphatic rings. The molecule has 0 aliphatic carbocycles. The molecule has 2 rings (SSSR count). The number of carboxylic acids is 1. The maximum absolute atomic E-state index is 12.3. The zero-order valence-corrected chi connectivity index (χ0v) is 13.6. The monoisotopic (exact) mass is 347 g/mol. The van der Waals surface area contributed by atoms with Gasteiger partial charge in [0.05, 0.1) is 28.6 Å². The van der Waals surface area contributed by atoms with Crippen LogP contribution in [0.15, 0.2) is 46.9 Å². The van der Waals surface area contributed by atoms with Gasteiger partial charge in [-0.05, 0) is 19.4 Å². The molecule has 132 valence electrons. The number of ether oxygens (including phenoxy) is 1. The Bertz CT molecular complexity index is 812. The lowest BCUT2D eigenvalue weighted by molar-refractivity contribution is -0.384. The molecule has 1 aromatic carbocycles. The highest BCUT2D eigenvalue weighted by molar-refractivity contribution is 5.99. The lowest BCUT2D eigenvalue weighted by atomic mass is 9.81. The number of nitro benzene ring substituents is 1. The second-order valence-corrected chi connectivity index (χ2v) is 5.30. The maximum atomic E-state index is 12.3. The SMILES string of the molecule is CCOC(=O)C1=C(N)NC(C)=C(C(=O)O)C1c1cccc([N+](=O)[O-])c1. The van der Waals surface area contributed by atoms with Gasteiger partial charge in [-0.3, -0.25) is 10.1 Å². The van der Waals surface area contributed by atoms with Gasteiger partial charge >= 0.3 is 11.9 Å². The van der Waals surface area contributed by atoms with Crippen LogP contribution in [0.25, 0.3) is 0 Å². The molecule has 1 heterocycles. The summed E-state index contributed by atoms with van der Waals surface area (Å²) in [6.07, 6.45) is 0. The highest BCUT2D eigenvalue weighted by Crippen LogP contribution is 2.38. The number of aliphatic carboxylic acids is 1. The van der Waals surface area contributed by atoms with Crippen LogP contribution in [0, 0.1) is 10.1 Å². The maximum Gasteiger partial charge on any atom is 0.338 e. The first-order valence-electron chi connectivity index (χ1n) is 7.40. The molecule has 0 saturated carbocycles. The van der Waals surface area contributed by atoms with Crippen LogP contribution in [0.2, 0.25) is 0 Å². The predicted octanol–water partition coefficient (Wildman–Crippen LogP) is 1.37. The summed E-state index contributed by atoms with van der Waals surface area (Å²) in [4.78, 5) is 34.5. The van der Waals surface area contributed by atoms with E-state index in [9.17, 15) is 24.8 Å². The van der Waals surface area contributed by atoms with Gasteiger partial charge < -0.3 is 20.9 Å². The molecule has 0 amide bonds. The van der Waals surface area contributed by atoms with Crippen molar-refractivity contribution in [2.45, 2.75) is 19.8 Å². The molecular weight excluding hydrogens is 330 g/mol. The third-order valence-corrected chi connectivity index (χ3v) is 3.73. The van der Waals surface area contributed by atoms with Gasteiger partial charge in [0.1, 0.15) is 5.82 Å². The van der Waals surface area contributed by atoms with E-state index in [2.05, 4.69) is 5.32 Å².